The van der Waals surface area contributed by atoms with Crippen molar-refractivity contribution in [3.8, 4) is 11.1 Å². The van der Waals surface area contributed by atoms with Gasteiger partial charge in [0.25, 0.3) is 5.69 Å². The number of hydrogen-bond acceptors (Lipinski definition) is 4. The van der Waals surface area contributed by atoms with Crippen LogP contribution in [-0.4, -0.2) is 13.3 Å². The van der Waals surface area contributed by atoms with Crippen LogP contribution >= 0.6 is 0 Å². The molecular formula is C20H16N2O4S. The van der Waals surface area contributed by atoms with Gasteiger partial charge in [-0.1, -0.05) is 48.5 Å². The van der Waals surface area contributed by atoms with Crippen molar-refractivity contribution in [3.05, 3.63) is 93.5 Å². The number of anilines is 1. The maximum Gasteiger partial charge on any atom is 0.273 e. The summed E-state index contributed by atoms with van der Waals surface area (Å²) in [6.45, 7) is 0. The largest absolute Gasteiger partial charge is 0.283 e. The summed E-state index contributed by atoms with van der Waals surface area (Å²) in [6.07, 6.45) is 0.755. The van der Waals surface area contributed by atoms with E-state index in [1.807, 2.05) is 24.3 Å². The maximum absolute atomic E-state index is 12.5. The molecule has 6 nitrogen and oxygen atoms in total. The minimum Gasteiger partial charge on any atom is -0.283 e. The lowest BCUT2D eigenvalue weighted by atomic mass is 10.1. The highest BCUT2D eigenvalue weighted by Crippen LogP contribution is 2.37. The molecule has 1 aliphatic rings. The Balaban J connectivity index is 1.58. The third-order valence-electron chi connectivity index (χ3n) is 4.60. The predicted octanol–water partition coefficient (Wildman–Crippen LogP) is 4.11. The zero-order chi connectivity index (χ0) is 19.0. The van der Waals surface area contributed by atoms with E-state index in [1.165, 1.54) is 29.3 Å². The lowest BCUT2D eigenvalue weighted by Crippen LogP contribution is -2.16. The van der Waals surface area contributed by atoms with Crippen molar-refractivity contribution < 1.29 is 13.3 Å². The van der Waals surface area contributed by atoms with E-state index in [2.05, 4.69) is 16.9 Å². The average Bonchev–Trinajstić information content (AvgIpc) is 2.98. The zero-order valence-electron chi connectivity index (χ0n) is 14.3. The van der Waals surface area contributed by atoms with Crippen LogP contribution in [0, 0.1) is 10.1 Å². The van der Waals surface area contributed by atoms with Gasteiger partial charge in [-0.3, -0.25) is 14.8 Å². The zero-order valence-corrected chi connectivity index (χ0v) is 15.1. The molecule has 4 rings (SSSR count). The molecule has 0 spiro atoms. The maximum atomic E-state index is 12.5. The van der Waals surface area contributed by atoms with Gasteiger partial charge in [-0.05, 0) is 40.8 Å². The van der Waals surface area contributed by atoms with Crippen molar-refractivity contribution in [2.45, 2.75) is 12.2 Å². The summed E-state index contributed by atoms with van der Waals surface area (Å²) in [6, 6.07) is 19.4. The van der Waals surface area contributed by atoms with E-state index in [0.29, 0.717) is 5.69 Å². The molecule has 0 aromatic heterocycles. The van der Waals surface area contributed by atoms with E-state index < -0.39 is 20.7 Å². The molecule has 0 bridgehead atoms. The van der Waals surface area contributed by atoms with Gasteiger partial charge < -0.3 is 0 Å². The third kappa shape index (κ3) is 3.41. The normalized spacial score (nSPS) is 12.3. The topological polar surface area (TPSA) is 89.3 Å². The Morgan fingerprint density at radius 2 is 1.63 bits per heavy atom. The molecule has 0 fully saturated rings. The molecule has 0 radical (unpaired) electrons. The highest BCUT2D eigenvalue weighted by molar-refractivity contribution is 7.91. The van der Waals surface area contributed by atoms with Gasteiger partial charge in [0, 0.05) is 17.3 Å². The Kier molecular flexibility index (Phi) is 4.16. The Hall–Kier alpha value is -3.19. The molecule has 0 unspecified atom stereocenters. The molecule has 0 atom stereocenters. The molecule has 3 aromatic carbocycles. The monoisotopic (exact) mass is 380 g/mol. The fourth-order valence-corrected chi connectivity index (χ4v) is 4.65. The van der Waals surface area contributed by atoms with Crippen LogP contribution in [0.15, 0.2) is 66.7 Å². The smallest absolute Gasteiger partial charge is 0.273 e. The molecule has 0 heterocycles. The summed E-state index contributed by atoms with van der Waals surface area (Å²) in [7, 11) is -3.78. The van der Waals surface area contributed by atoms with Gasteiger partial charge in [-0.2, -0.15) is 0 Å². The van der Waals surface area contributed by atoms with E-state index in [1.54, 1.807) is 12.1 Å². The Bertz CT molecular complexity index is 1160. The van der Waals surface area contributed by atoms with Crippen LogP contribution in [-0.2, 0) is 22.2 Å². The van der Waals surface area contributed by atoms with Crippen molar-refractivity contribution >= 4 is 21.4 Å². The van der Waals surface area contributed by atoms with E-state index in [4.69, 9.17) is 0 Å². The van der Waals surface area contributed by atoms with Crippen LogP contribution in [0.25, 0.3) is 11.1 Å². The fraction of sp³-hybridized carbons (Fsp3) is 0.100. The van der Waals surface area contributed by atoms with Crippen molar-refractivity contribution in [2.24, 2.45) is 0 Å². The van der Waals surface area contributed by atoms with E-state index in [-0.39, 0.29) is 11.3 Å². The lowest BCUT2D eigenvalue weighted by Gasteiger charge is -2.10. The Morgan fingerprint density at radius 3 is 2.44 bits per heavy atom. The first kappa shape index (κ1) is 17.2. The first-order valence-corrected chi connectivity index (χ1v) is 10.0. The first-order valence-electron chi connectivity index (χ1n) is 8.37. The molecular weight excluding hydrogens is 364 g/mol. The predicted molar refractivity (Wildman–Crippen MR) is 104 cm³/mol. The minimum absolute atomic E-state index is 0.156. The van der Waals surface area contributed by atoms with Gasteiger partial charge in [0.1, 0.15) is 5.75 Å². The second kappa shape index (κ2) is 6.51. The summed E-state index contributed by atoms with van der Waals surface area (Å²) in [5.74, 6) is -0.457. The summed E-state index contributed by atoms with van der Waals surface area (Å²) < 4.78 is 27.6. The highest BCUT2D eigenvalue weighted by Gasteiger charge is 2.22. The van der Waals surface area contributed by atoms with Crippen molar-refractivity contribution in [3.63, 3.8) is 0 Å². The van der Waals surface area contributed by atoms with Crippen LogP contribution in [0.4, 0.5) is 11.4 Å². The Labute approximate surface area is 156 Å². The number of nitro groups is 1. The number of sulfonamides is 1. The van der Waals surface area contributed by atoms with Crippen LogP contribution in [0.3, 0.4) is 0 Å². The molecule has 1 aliphatic carbocycles. The standard InChI is InChI=1S/C20H16N2O4S/c23-22(24)20-8-4-2-6-15(20)13-27(25,26)21-17-9-10-19-16(12-17)11-14-5-1-3-7-18(14)19/h1-10,12,21H,11,13H2. The second-order valence-corrected chi connectivity index (χ2v) is 8.18. The first-order chi connectivity index (χ1) is 12.9. The van der Waals surface area contributed by atoms with Crippen LogP contribution < -0.4 is 4.72 Å². The molecule has 0 amide bonds. The van der Waals surface area contributed by atoms with Crippen molar-refractivity contribution in [1.29, 1.82) is 0 Å². The number of nitrogens with zero attached hydrogens (tertiary/aromatic N) is 1. The number of fused-ring (bicyclic) bond motifs is 3. The molecule has 0 saturated carbocycles. The number of nitrogens with one attached hydrogen (secondary N) is 1. The van der Waals surface area contributed by atoms with E-state index in [9.17, 15) is 18.5 Å². The summed E-state index contributed by atoms with van der Waals surface area (Å²) >= 11 is 0. The average molecular weight is 380 g/mol. The van der Waals surface area contributed by atoms with E-state index >= 15 is 0 Å². The molecule has 0 saturated heterocycles. The number of para-hydroxylation sites is 1. The fourth-order valence-electron chi connectivity index (χ4n) is 3.44. The van der Waals surface area contributed by atoms with Crippen molar-refractivity contribution in [1.82, 2.24) is 0 Å². The quantitative estimate of drug-likeness (QED) is 0.417. The van der Waals surface area contributed by atoms with Gasteiger partial charge in [0.2, 0.25) is 10.0 Å². The Morgan fingerprint density at radius 1 is 0.926 bits per heavy atom. The molecule has 1 N–H and O–H groups in total. The second-order valence-electron chi connectivity index (χ2n) is 6.45. The highest BCUT2D eigenvalue weighted by atomic mass is 32.2. The lowest BCUT2D eigenvalue weighted by molar-refractivity contribution is -0.385. The number of benzene rings is 3. The number of hydrogen-bond donors (Lipinski definition) is 1. The summed E-state index contributed by atoms with van der Waals surface area (Å²) in [5, 5.41) is 11.1. The van der Waals surface area contributed by atoms with Crippen LogP contribution in [0.2, 0.25) is 0 Å². The minimum atomic E-state index is -3.78. The van der Waals surface area contributed by atoms with Crippen LogP contribution in [0.5, 0.6) is 0 Å². The molecule has 27 heavy (non-hydrogen) atoms. The van der Waals surface area contributed by atoms with Gasteiger partial charge in [0.05, 0.1) is 4.92 Å². The van der Waals surface area contributed by atoms with Crippen LogP contribution in [0.1, 0.15) is 16.7 Å². The van der Waals surface area contributed by atoms with Gasteiger partial charge in [-0.25, -0.2) is 8.42 Å². The number of nitro benzene ring substituents is 1. The molecule has 0 aliphatic heterocycles. The van der Waals surface area contributed by atoms with Gasteiger partial charge >= 0.3 is 0 Å². The van der Waals surface area contributed by atoms with Gasteiger partial charge in [-0.15, -0.1) is 0 Å². The summed E-state index contributed by atoms with van der Waals surface area (Å²) in [5.41, 5.74) is 4.96. The SMILES string of the molecule is O=[N+]([O-])c1ccccc1CS(=O)(=O)Nc1ccc2c(c1)Cc1ccccc1-2. The third-order valence-corrected chi connectivity index (χ3v) is 5.84. The summed E-state index contributed by atoms with van der Waals surface area (Å²) in [4.78, 5) is 10.5. The number of rotatable bonds is 5. The molecule has 136 valence electrons. The molecule has 3 aromatic rings. The van der Waals surface area contributed by atoms with Gasteiger partial charge in [0.15, 0.2) is 0 Å². The molecule has 7 heteroatoms. The van der Waals surface area contributed by atoms with E-state index in [0.717, 1.165) is 17.5 Å². The van der Waals surface area contributed by atoms with Crippen molar-refractivity contribution in [2.75, 3.05) is 4.72 Å².